The van der Waals surface area contributed by atoms with Crippen molar-refractivity contribution in [1.29, 1.82) is 0 Å². The van der Waals surface area contributed by atoms with Crippen molar-refractivity contribution in [3.8, 4) is 0 Å². The summed E-state index contributed by atoms with van der Waals surface area (Å²) in [7, 11) is 1.51. The Morgan fingerprint density at radius 3 is 2.33 bits per heavy atom. The molecule has 0 fully saturated rings. The first-order valence-corrected chi connectivity index (χ1v) is 6.30. The summed E-state index contributed by atoms with van der Waals surface area (Å²) in [5.74, 6) is -0.0923. The van der Waals surface area contributed by atoms with E-state index >= 15 is 0 Å². The molecule has 0 bridgehead atoms. The SMILES string of the molecule is CCN(CC)c1ccc(CNC(=O)COC)cc1. The maximum absolute atomic E-state index is 11.2. The van der Waals surface area contributed by atoms with Crippen molar-refractivity contribution >= 4 is 11.6 Å². The van der Waals surface area contributed by atoms with E-state index in [0.29, 0.717) is 6.54 Å². The number of hydrogen-bond acceptors (Lipinski definition) is 3. The number of nitrogens with zero attached hydrogens (tertiary/aromatic N) is 1. The molecule has 0 radical (unpaired) electrons. The molecule has 4 nitrogen and oxygen atoms in total. The van der Waals surface area contributed by atoms with Crippen molar-refractivity contribution in [3.05, 3.63) is 29.8 Å². The van der Waals surface area contributed by atoms with E-state index in [1.807, 2.05) is 12.1 Å². The van der Waals surface area contributed by atoms with E-state index in [-0.39, 0.29) is 12.5 Å². The third-order valence-corrected chi connectivity index (χ3v) is 2.83. The maximum atomic E-state index is 11.2. The molecule has 0 spiro atoms. The van der Waals surface area contributed by atoms with Crippen LogP contribution in [0.15, 0.2) is 24.3 Å². The second-order valence-corrected chi connectivity index (χ2v) is 4.05. The van der Waals surface area contributed by atoms with Gasteiger partial charge in [-0.05, 0) is 31.5 Å². The molecule has 0 atom stereocenters. The summed E-state index contributed by atoms with van der Waals surface area (Å²) >= 11 is 0. The smallest absolute Gasteiger partial charge is 0.246 e. The molecule has 1 aromatic carbocycles. The second-order valence-electron chi connectivity index (χ2n) is 4.05. The lowest BCUT2D eigenvalue weighted by molar-refractivity contribution is -0.124. The molecule has 100 valence electrons. The number of ether oxygens (including phenoxy) is 1. The Morgan fingerprint density at radius 2 is 1.83 bits per heavy atom. The number of carbonyl (C=O) groups is 1. The van der Waals surface area contributed by atoms with Gasteiger partial charge in [0, 0.05) is 32.4 Å². The number of methoxy groups -OCH3 is 1. The van der Waals surface area contributed by atoms with Gasteiger partial charge in [0.25, 0.3) is 0 Å². The lowest BCUT2D eigenvalue weighted by Gasteiger charge is -2.21. The fourth-order valence-electron chi connectivity index (χ4n) is 1.80. The Bertz CT molecular complexity index is 359. The van der Waals surface area contributed by atoms with Crippen LogP contribution in [0.25, 0.3) is 0 Å². The Balaban J connectivity index is 2.52. The van der Waals surface area contributed by atoms with Gasteiger partial charge in [0.05, 0.1) is 0 Å². The van der Waals surface area contributed by atoms with Crippen molar-refractivity contribution in [2.24, 2.45) is 0 Å². The van der Waals surface area contributed by atoms with Crippen LogP contribution in [-0.4, -0.2) is 32.7 Å². The standard InChI is InChI=1S/C14H22N2O2/c1-4-16(5-2)13-8-6-12(7-9-13)10-15-14(17)11-18-3/h6-9H,4-5,10-11H2,1-3H3,(H,15,17). The Kier molecular flexibility index (Phi) is 6.22. The number of anilines is 1. The molecule has 1 rings (SSSR count). The minimum atomic E-state index is -0.0923. The van der Waals surface area contributed by atoms with Crippen molar-refractivity contribution in [1.82, 2.24) is 5.32 Å². The first-order chi connectivity index (χ1) is 8.71. The van der Waals surface area contributed by atoms with Gasteiger partial charge in [-0.15, -0.1) is 0 Å². The van der Waals surface area contributed by atoms with Gasteiger partial charge >= 0.3 is 0 Å². The highest BCUT2D eigenvalue weighted by Crippen LogP contribution is 2.14. The molecule has 0 saturated heterocycles. The number of carbonyl (C=O) groups excluding carboxylic acids is 1. The Morgan fingerprint density at radius 1 is 1.22 bits per heavy atom. The molecule has 0 aliphatic rings. The quantitative estimate of drug-likeness (QED) is 0.802. The molecule has 0 aliphatic heterocycles. The van der Waals surface area contributed by atoms with Gasteiger partial charge in [0.2, 0.25) is 5.91 Å². The molecule has 18 heavy (non-hydrogen) atoms. The summed E-state index contributed by atoms with van der Waals surface area (Å²) in [5, 5.41) is 2.80. The van der Waals surface area contributed by atoms with Crippen LogP contribution in [0, 0.1) is 0 Å². The average molecular weight is 250 g/mol. The van der Waals surface area contributed by atoms with Crippen LogP contribution in [0.1, 0.15) is 19.4 Å². The first kappa shape index (κ1) is 14.5. The molecule has 1 amide bonds. The zero-order valence-corrected chi connectivity index (χ0v) is 11.4. The molecule has 0 saturated carbocycles. The molecular formula is C14H22N2O2. The zero-order valence-electron chi connectivity index (χ0n) is 11.4. The Labute approximate surface area is 109 Å². The molecule has 1 N–H and O–H groups in total. The third kappa shape index (κ3) is 4.37. The van der Waals surface area contributed by atoms with Gasteiger partial charge in [0.15, 0.2) is 0 Å². The molecule has 4 heteroatoms. The summed E-state index contributed by atoms with van der Waals surface area (Å²) in [6, 6.07) is 8.26. The van der Waals surface area contributed by atoms with Gasteiger partial charge in [-0.3, -0.25) is 4.79 Å². The summed E-state index contributed by atoms with van der Waals surface area (Å²) in [6.07, 6.45) is 0. The number of amides is 1. The van der Waals surface area contributed by atoms with Crippen LogP contribution in [0.5, 0.6) is 0 Å². The van der Waals surface area contributed by atoms with Crippen LogP contribution < -0.4 is 10.2 Å². The molecule has 1 aromatic rings. The van der Waals surface area contributed by atoms with Gasteiger partial charge in [-0.1, -0.05) is 12.1 Å². The number of rotatable bonds is 7. The molecule has 0 heterocycles. The molecule has 0 unspecified atom stereocenters. The van der Waals surface area contributed by atoms with Crippen molar-refractivity contribution in [3.63, 3.8) is 0 Å². The first-order valence-electron chi connectivity index (χ1n) is 6.30. The highest BCUT2D eigenvalue weighted by Gasteiger charge is 2.02. The Hall–Kier alpha value is -1.55. The van der Waals surface area contributed by atoms with E-state index in [0.717, 1.165) is 18.7 Å². The van der Waals surface area contributed by atoms with Crippen LogP contribution in [0.2, 0.25) is 0 Å². The van der Waals surface area contributed by atoms with Crippen molar-refractivity contribution in [2.75, 3.05) is 31.7 Å². The fraction of sp³-hybridized carbons (Fsp3) is 0.500. The highest BCUT2D eigenvalue weighted by atomic mass is 16.5. The number of nitrogens with one attached hydrogen (secondary N) is 1. The summed E-state index contributed by atoms with van der Waals surface area (Å²) in [6.45, 7) is 6.93. The lowest BCUT2D eigenvalue weighted by atomic mass is 10.2. The monoisotopic (exact) mass is 250 g/mol. The van der Waals surface area contributed by atoms with Crippen LogP contribution in [0.4, 0.5) is 5.69 Å². The molecule has 0 aliphatic carbocycles. The van der Waals surface area contributed by atoms with Crippen LogP contribution in [0.3, 0.4) is 0 Å². The number of hydrogen-bond donors (Lipinski definition) is 1. The van der Waals surface area contributed by atoms with Crippen LogP contribution >= 0.6 is 0 Å². The van der Waals surface area contributed by atoms with Gasteiger partial charge in [0.1, 0.15) is 6.61 Å². The summed E-state index contributed by atoms with van der Waals surface area (Å²) < 4.78 is 4.75. The molecule has 0 aromatic heterocycles. The van der Waals surface area contributed by atoms with Crippen LogP contribution in [-0.2, 0) is 16.1 Å². The summed E-state index contributed by atoms with van der Waals surface area (Å²) in [5.41, 5.74) is 2.31. The van der Waals surface area contributed by atoms with E-state index < -0.39 is 0 Å². The minimum absolute atomic E-state index is 0.0923. The lowest BCUT2D eigenvalue weighted by Crippen LogP contribution is -2.26. The van der Waals surface area contributed by atoms with E-state index in [4.69, 9.17) is 4.74 Å². The minimum Gasteiger partial charge on any atom is -0.375 e. The van der Waals surface area contributed by atoms with Gasteiger partial charge in [-0.25, -0.2) is 0 Å². The largest absolute Gasteiger partial charge is 0.375 e. The second kappa shape index (κ2) is 7.71. The van der Waals surface area contributed by atoms with E-state index in [9.17, 15) is 4.79 Å². The van der Waals surface area contributed by atoms with E-state index in [2.05, 4.69) is 36.2 Å². The molecular weight excluding hydrogens is 228 g/mol. The number of benzene rings is 1. The average Bonchev–Trinajstić information content (AvgIpc) is 2.39. The third-order valence-electron chi connectivity index (χ3n) is 2.83. The zero-order chi connectivity index (χ0) is 13.4. The van der Waals surface area contributed by atoms with Crippen molar-refractivity contribution in [2.45, 2.75) is 20.4 Å². The maximum Gasteiger partial charge on any atom is 0.246 e. The van der Waals surface area contributed by atoms with Crippen molar-refractivity contribution < 1.29 is 9.53 Å². The topological polar surface area (TPSA) is 41.6 Å². The van der Waals surface area contributed by atoms with Gasteiger partial charge < -0.3 is 15.0 Å². The fourth-order valence-corrected chi connectivity index (χ4v) is 1.80. The predicted octanol–water partition coefficient (Wildman–Crippen LogP) is 1.80. The normalized spacial score (nSPS) is 10.2. The van der Waals surface area contributed by atoms with E-state index in [1.54, 1.807) is 0 Å². The summed E-state index contributed by atoms with van der Waals surface area (Å²) in [4.78, 5) is 13.5. The van der Waals surface area contributed by atoms with Gasteiger partial charge in [-0.2, -0.15) is 0 Å². The van der Waals surface area contributed by atoms with E-state index in [1.165, 1.54) is 12.8 Å². The predicted molar refractivity (Wildman–Crippen MR) is 73.7 cm³/mol. The highest BCUT2D eigenvalue weighted by molar-refractivity contribution is 5.77.